The van der Waals surface area contributed by atoms with Crippen LogP contribution in [-0.4, -0.2) is 35.6 Å². The molecule has 0 aromatic heterocycles. The zero-order chi connectivity index (χ0) is 13.1. The second-order valence-electron chi connectivity index (χ2n) is 4.90. The number of aliphatic carboxylic acids is 1. The molecule has 0 amide bonds. The van der Waals surface area contributed by atoms with Crippen LogP contribution in [0, 0.1) is 6.92 Å². The summed E-state index contributed by atoms with van der Waals surface area (Å²) in [5.41, 5.74) is 1.97. The number of benzene rings is 1. The van der Waals surface area contributed by atoms with Crippen molar-refractivity contribution in [1.29, 1.82) is 0 Å². The van der Waals surface area contributed by atoms with Gasteiger partial charge in [-0.15, -0.1) is 0 Å². The van der Waals surface area contributed by atoms with E-state index in [1.54, 1.807) is 0 Å². The highest BCUT2D eigenvalue weighted by Gasteiger charge is 2.25. The fourth-order valence-corrected chi connectivity index (χ4v) is 2.90. The molecule has 1 fully saturated rings. The van der Waals surface area contributed by atoms with E-state index in [-0.39, 0.29) is 0 Å². The molecule has 1 N–H and O–H groups in total. The molecule has 1 aliphatic heterocycles. The van der Waals surface area contributed by atoms with Gasteiger partial charge in [-0.2, -0.15) is 0 Å². The van der Waals surface area contributed by atoms with E-state index in [0.29, 0.717) is 6.54 Å². The lowest BCUT2D eigenvalue weighted by Gasteiger charge is -2.22. The van der Waals surface area contributed by atoms with Crippen LogP contribution in [0.4, 0.5) is 0 Å². The lowest BCUT2D eigenvalue weighted by Crippen LogP contribution is -2.30. The number of halogens is 1. The molecule has 0 spiro atoms. The molecule has 4 heteroatoms. The second-order valence-corrected chi connectivity index (χ2v) is 5.82. The minimum absolute atomic E-state index is 0.430. The first kappa shape index (κ1) is 13.6. The lowest BCUT2D eigenvalue weighted by molar-refractivity contribution is -0.139. The maximum Gasteiger partial charge on any atom is 0.312 e. The van der Waals surface area contributed by atoms with Crippen LogP contribution in [0.3, 0.4) is 0 Å². The van der Waals surface area contributed by atoms with Gasteiger partial charge < -0.3 is 10.0 Å². The van der Waals surface area contributed by atoms with Gasteiger partial charge in [0.2, 0.25) is 0 Å². The molecular formula is C14H18BrNO2. The molecule has 1 unspecified atom stereocenters. The number of carbonyl (C=O) groups is 1. The molecule has 98 valence electrons. The highest BCUT2D eigenvalue weighted by molar-refractivity contribution is 9.10. The Hall–Kier alpha value is -0.870. The summed E-state index contributed by atoms with van der Waals surface area (Å²) in [6.07, 6.45) is 2.37. The predicted octanol–water partition coefficient (Wildman–Crippen LogP) is 3.02. The molecule has 3 nitrogen and oxygen atoms in total. The second kappa shape index (κ2) is 5.85. The minimum atomic E-state index is -0.733. The summed E-state index contributed by atoms with van der Waals surface area (Å²) >= 11 is 3.42. The number of carboxylic acid groups (broad SMARTS) is 1. The Balaban J connectivity index is 2.23. The average molecular weight is 312 g/mol. The monoisotopic (exact) mass is 311 g/mol. The first-order chi connectivity index (χ1) is 8.58. The van der Waals surface area contributed by atoms with Gasteiger partial charge in [0.05, 0.1) is 5.92 Å². The van der Waals surface area contributed by atoms with Gasteiger partial charge in [-0.25, -0.2) is 0 Å². The number of rotatable bonds is 4. The van der Waals surface area contributed by atoms with Crippen LogP contribution in [0.1, 0.15) is 29.9 Å². The number of hydrogen-bond donors (Lipinski definition) is 1. The van der Waals surface area contributed by atoms with Crippen LogP contribution in [0.2, 0.25) is 0 Å². The van der Waals surface area contributed by atoms with E-state index in [0.717, 1.165) is 28.7 Å². The van der Waals surface area contributed by atoms with E-state index in [2.05, 4.69) is 20.8 Å². The Bertz CT molecular complexity index is 441. The Morgan fingerprint density at radius 2 is 2.11 bits per heavy atom. The Morgan fingerprint density at radius 3 is 2.72 bits per heavy atom. The molecule has 0 saturated carbocycles. The Labute approximate surface area is 116 Å². The highest BCUT2D eigenvalue weighted by Crippen LogP contribution is 2.26. The molecular weight excluding hydrogens is 294 g/mol. The number of aryl methyl sites for hydroxylation is 1. The van der Waals surface area contributed by atoms with Crippen molar-refractivity contribution in [3.05, 3.63) is 33.8 Å². The summed E-state index contributed by atoms with van der Waals surface area (Å²) in [6, 6.07) is 5.86. The van der Waals surface area contributed by atoms with Crippen LogP contribution in [0.5, 0.6) is 0 Å². The quantitative estimate of drug-likeness (QED) is 0.929. The Morgan fingerprint density at radius 1 is 1.44 bits per heavy atom. The van der Waals surface area contributed by atoms with Crippen LogP contribution in [-0.2, 0) is 4.79 Å². The molecule has 18 heavy (non-hydrogen) atoms. The van der Waals surface area contributed by atoms with Crippen LogP contribution in [0.25, 0.3) is 0 Å². The van der Waals surface area contributed by atoms with Crippen molar-refractivity contribution in [2.24, 2.45) is 0 Å². The maximum absolute atomic E-state index is 11.5. The van der Waals surface area contributed by atoms with Crippen molar-refractivity contribution < 1.29 is 9.90 Å². The number of carboxylic acids is 1. The third kappa shape index (κ3) is 3.12. The molecule has 0 radical (unpaired) electrons. The molecule has 1 heterocycles. The van der Waals surface area contributed by atoms with Crippen molar-refractivity contribution >= 4 is 21.9 Å². The van der Waals surface area contributed by atoms with Gasteiger partial charge in [-0.3, -0.25) is 4.79 Å². The van der Waals surface area contributed by atoms with Crippen LogP contribution < -0.4 is 0 Å². The molecule has 1 atom stereocenters. The zero-order valence-electron chi connectivity index (χ0n) is 10.5. The van der Waals surface area contributed by atoms with Crippen LogP contribution in [0.15, 0.2) is 22.7 Å². The van der Waals surface area contributed by atoms with Crippen molar-refractivity contribution in [3.8, 4) is 0 Å². The molecule has 0 bridgehead atoms. The van der Waals surface area contributed by atoms with Gasteiger partial charge in [0.1, 0.15) is 0 Å². The van der Waals surface area contributed by atoms with E-state index in [1.807, 2.05) is 25.1 Å². The molecule has 1 saturated heterocycles. The third-order valence-corrected chi connectivity index (χ3v) is 4.05. The summed E-state index contributed by atoms with van der Waals surface area (Å²) in [5.74, 6) is -1.16. The molecule has 0 aliphatic carbocycles. The number of likely N-dealkylation sites (tertiary alicyclic amines) is 1. The van der Waals surface area contributed by atoms with E-state index in [4.69, 9.17) is 0 Å². The molecule has 1 aromatic rings. The van der Waals surface area contributed by atoms with E-state index >= 15 is 0 Å². The van der Waals surface area contributed by atoms with Crippen molar-refractivity contribution in [2.75, 3.05) is 19.6 Å². The van der Waals surface area contributed by atoms with Gasteiger partial charge in [0.25, 0.3) is 0 Å². The van der Waals surface area contributed by atoms with Gasteiger partial charge in [-0.1, -0.05) is 22.0 Å². The normalized spacial score (nSPS) is 17.9. The van der Waals surface area contributed by atoms with E-state index in [1.165, 1.54) is 12.8 Å². The zero-order valence-corrected chi connectivity index (χ0v) is 12.1. The summed E-state index contributed by atoms with van der Waals surface area (Å²) in [6.45, 7) is 4.64. The summed E-state index contributed by atoms with van der Waals surface area (Å²) in [4.78, 5) is 13.8. The van der Waals surface area contributed by atoms with Crippen LogP contribution >= 0.6 is 15.9 Å². The van der Waals surface area contributed by atoms with Gasteiger partial charge in [0, 0.05) is 11.0 Å². The standard InChI is InChI=1S/C14H18BrNO2/c1-10-4-5-11(15)8-12(10)13(14(17)18)9-16-6-2-3-7-16/h4-5,8,13H,2-3,6-7,9H2,1H3,(H,17,18). The lowest BCUT2D eigenvalue weighted by atomic mass is 9.94. The summed E-state index contributed by atoms with van der Waals surface area (Å²) in [7, 11) is 0. The van der Waals surface area contributed by atoms with Gasteiger partial charge in [-0.05, 0) is 56.1 Å². The van der Waals surface area contributed by atoms with Gasteiger partial charge in [0.15, 0.2) is 0 Å². The largest absolute Gasteiger partial charge is 0.481 e. The van der Waals surface area contributed by atoms with E-state index in [9.17, 15) is 9.90 Å². The first-order valence-corrected chi connectivity index (χ1v) is 7.08. The number of hydrogen-bond acceptors (Lipinski definition) is 2. The fourth-order valence-electron chi connectivity index (χ4n) is 2.52. The predicted molar refractivity (Wildman–Crippen MR) is 74.9 cm³/mol. The molecule has 1 aromatic carbocycles. The smallest absolute Gasteiger partial charge is 0.312 e. The topological polar surface area (TPSA) is 40.5 Å². The van der Waals surface area contributed by atoms with Gasteiger partial charge >= 0.3 is 5.97 Å². The average Bonchev–Trinajstić information content (AvgIpc) is 2.82. The van der Waals surface area contributed by atoms with Crippen molar-refractivity contribution in [3.63, 3.8) is 0 Å². The fraction of sp³-hybridized carbons (Fsp3) is 0.500. The van der Waals surface area contributed by atoms with E-state index < -0.39 is 11.9 Å². The highest BCUT2D eigenvalue weighted by atomic mass is 79.9. The molecule has 2 rings (SSSR count). The third-order valence-electron chi connectivity index (χ3n) is 3.55. The summed E-state index contributed by atoms with van der Waals surface area (Å²) in [5, 5.41) is 9.46. The molecule has 1 aliphatic rings. The van der Waals surface area contributed by atoms with Crippen molar-refractivity contribution in [2.45, 2.75) is 25.7 Å². The Kier molecular flexibility index (Phi) is 4.40. The SMILES string of the molecule is Cc1ccc(Br)cc1C(CN1CCCC1)C(=O)O. The maximum atomic E-state index is 11.5. The number of nitrogens with zero attached hydrogens (tertiary/aromatic N) is 1. The minimum Gasteiger partial charge on any atom is -0.481 e. The van der Waals surface area contributed by atoms with Crippen molar-refractivity contribution in [1.82, 2.24) is 4.90 Å². The summed E-state index contributed by atoms with van der Waals surface area (Å²) < 4.78 is 0.941. The first-order valence-electron chi connectivity index (χ1n) is 6.29.